The van der Waals surface area contributed by atoms with Crippen molar-refractivity contribution in [3.8, 4) is 16.8 Å². The molecular weight excluding hydrogens is 418 g/mol. The summed E-state index contributed by atoms with van der Waals surface area (Å²) < 4.78 is 28.8. The number of carbonyl (C=O) groups excluding carboxylic acids is 1. The second-order valence-corrected chi connectivity index (χ2v) is 9.00. The lowest BCUT2D eigenvalue weighted by atomic mass is 10.0. The number of rotatable bonds is 8. The van der Waals surface area contributed by atoms with E-state index in [1.54, 1.807) is 23.7 Å². The molecular formula is C21H25N5O4S. The lowest BCUT2D eigenvalue weighted by Crippen LogP contribution is -2.36. The second kappa shape index (κ2) is 9.36. The van der Waals surface area contributed by atoms with E-state index in [1.165, 1.54) is 0 Å². The zero-order valence-electron chi connectivity index (χ0n) is 17.9. The molecule has 1 N–H and O–H groups in total. The molecule has 3 rings (SSSR count). The van der Waals surface area contributed by atoms with Gasteiger partial charge >= 0.3 is 0 Å². The van der Waals surface area contributed by atoms with Gasteiger partial charge in [0.05, 0.1) is 24.6 Å². The lowest BCUT2D eigenvalue weighted by Gasteiger charge is -2.15. The molecule has 31 heavy (non-hydrogen) atoms. The monoisotopic (exact) mass is 443 g/mol. The first-order valence-corrected chi connectivity index (χ1v) is 11.6. The highest BCUT2D eigenvalue weighted by atomic mass is 32.2. The molecule has 1 atom stereocenters. The Morgan fingerprint density at radius 3 is 2.52 bits per heavy atom. The molecule has 2 aromatic carbocycles. The van der Waals surface area contributed by atoms with Gasteiger partial charge in [0.15, 0.2) is 5.82 Å². The fraction of sp³-hybridized carbons (Fsp3) is 0.333. The first-order chi connectivity index (χ1) is 14.7. The van der Waals surface area contributed by atoms with E-state index >= 15 is 0 Å². The first-order valence-electron chi connectivity index (χ1n) is 9.81. The van der Waals surface area contributed by atoms with E-state index in [9.17, 15) is 13.2 Å². The molecule has 0 aliphatic heterocycles. The van der Waals surface area contributed by atoms with Gasteiger partial charge in [-0.2, -0.15) is 13.1 Å². The van der Waals surface area contributed by atoms with Crippen molar-refractivity contribution < 1.29 is 17.4 Å². The van der Waals surface area contributed by atoms with Gasteiger partial charge in [0, 0.05) is 12.0 Å². The summed E-state index contributed by atoms with van der Waals surface area (Å²) in [7, 11) is -3.59. The summed E-state index contributed by atoms with van der Waals surface area (Å²) in [6.45, 7) is 5.48. The molecule has 10 heteroatoms. The van der Waals surface area contributed by atoms with E-state index in [-0.39, 0.29) is 12.5 Å². The molecule has 1 heterocycles. The third-order valence-corrected chi connectivity index (χ3v) is 5.13. The number of carbonyl (C=O) groups is 1. The van der Waals surface area contributed by atoms with E-state index in [1.807, 2.05) is 44.2 Å². The Morgan fingerprint density at radius 1 is 1.16 bits per heavy atom. The zero-order valence-corrected chi connectivity index (χ0v) is 18.7. The zero-order chi connectivity index (χ0) is 22.6. The summed E-state index contributed by atoms with van der Waals surface area (Å²) in [5, 5.41) is 14.6. The Balaban J connectivity index is 1.96. The van der Waals surface area contributed by atoms with Crippen LogP contribution in [0.3, 0.4) is 0 Å². The van der Waals surface area contributed by atoms with Crippen LogP contribution in [0.1, 0.15) is 35.6 Å². The van der Waals surface area contributed by atoms with Crippen molar-refractivity contribution in [2.75, 3.05) is 12.9 Å². The number of tetrazole rings is 1. The average molecular weight is 444 g/mol. The summed E-state index contributed by atoms with van der Waals surface area (Å²) in [5.41, 5.74) is 3.97. The number of hydrogen-bond acceptors (Lipinski definition) is 7. The second-order valence-electron chi connectivity index (χ2n) is 7.36. The van der Waals surface area contributed by atoms with E-state index in [0.717, 1.165) is 22.9 Å². The molecule has 0 saturated heterocycles. The highest BCUT2D eigenvalue weighted by molar-refractivity contribution is 7.85. The van der Waals surface area contributed by atoms with Crippen LogP contribution in [0.15, 0.2) is 42.5 Å². The molecule has 0 saturated carbocycles. The van der Waals surface area contributed by atoms with Gasteiger partial charge in [0.25, 0.3) is 16.0 Å². The Labute approximate surface area is 181 Å². The maximum absolute atomic E-state index is 12.9. The first kappa shape index (κ1) is 22.6. The number of nitrogens with one attached hydrogen (secondary N) is 1. The van der Waals surface area contributed by atoms with Gasteiger partial charge < -0.3 is 5.32 Å². The van der Waals surface area contributed by atoms with Crippen LogP contribution in [0.2, 0.25) is 0 Å². The smallest absolute Gasteiger partial charge is 0.264 e. The van der Waals surface area contributed by atoms with Gasteiger partial charge in [-0.15, -0.1) is 5.10 Å². The molecule has 0 bridgehead atoms. The number of amides is 1. The number of nitrogens with zero attached hydrogens (tertiary/aromatic N) is 4. The summed E-state index contributed by atoms with van der Waals surface area (Å²) in [4.78, 5) is 12.9. The lowest BCUT2D eigenvalue weighted by molar-refractivity contribution is 0.0927. The molecule has 1 amide bonds. The number of hydrogen-bond donors (Lipinski definition) is 1. The van der Waals surface area contributed by atoms with Gasteiger partial charge in [-0.3, -0.25) is 8.98 Å². The predicted octanol–water partition coefficient (Wildman–Crippen LogP) is 2.29. The van der Waals surface area contributed by atoms with Crippen molar-refractivity contribution in [3.05, 3.63) is 59.4 Å². The fourth-order valence-electron chi connectivity index (χ4n) is 2.98. The molecule has 0 fully saturated rings. The minimum absolute atomic E-state index is 0.151. The predicted molar refractivity (Wildman–Crippen MR) is 116 cm³/mol. The Kier molecular flexibility index (Phi) is 6.81. The molecule has 0 unspecified atom stereocenters. The topological polar surface area (TPSA) is 116 Å². The van der Waals surface area contributed by atoms with Crippen LogP contribution in [-0.2, 0) is 20.7 Å². The summed E-state index contributed by atoms with van der Waals surface area (Å²) in [6.07, 6.45) is 1.60. The Hall–Kier alpha value is -3.11. The third-order valence-electron chi connectivity index (χ3n) is 4.57. The van der Waals surface area contributed by atoms with Crippen LogP contribution in [0.5, 0.6) is 0 Å². The van der Waals surface area contributed by atoms with Crippen LogP contribution >= 0.6 is 0 Å². The molecule has 0 spiro atoms. The van der Waals surface area contributed by atoms with Crippen LogP contribution in [0, 0.1) is 6.92 Å². The van der Waals surface area contributed by atoms with Crippen molar-refractivity contribution in [1.82, 2.24) is 25.5 Å². The molecule has 9 nitrogen and oxygen atoms in total. The van der Waals surface area contributed by atoms with Gasteiger partial charge in [0.2, 0.25) is 0 Å². The maximum atomic E-state index is 12.9. The van der Waals surface area contributed by atoms with Crippen molar-refractivity contribution >= 4 is 16.0 Å². The van der Waals surface area contributed by atoms with Crippen molar-refractivity contribution in [3.63, 3.8) is 0 Å². The molecule has 164 valence electrons. The van der Waals surface area contributed by atoms with Crippen molar-refractivity contribution in [2.24, 2.45) is 0 Å². The van der Waals surface area contributed by atoms with E-state index in [4.69, 9.17) is 4.18 Å². The van der Waals surface area contributed by atoms with Crippen LogP contribution in [0.25, 0.3) is 16.8 Å². The van der Waals surface area contributed by atoms with E-state index in [0.29, 0.717) is 23.5 Å². The van der Waals surface area contributed by atoms with Crippen LogP contribution in [0.4, 0.5) is 0 Å². The normalized spacial score (nSPS) is 12.5. The quantitative estimate of drug-likeness (QED) is 0.531. The summed E-state index contributed by atoms with van der Waals surface area (Å²) >= 11 is 0. The summed E-state index contributed by atoms with van der Waals surface area (Å²) in [5.74, 6) is 0.313. The minimum atomic E-state index is -3.59. The SMILES string of the molecule is CCc1nnnn1-c1cc(C(=O)N[C@H](C)COS(C)(=O)=O)cc(-c2ccc(C)cc2)c1. The van der Waals surface area contributed by atoms with Gasteiger partial charge in [-0.1, -0.05) is 36.8 Å². The van der Waals surface area contributed by atoms with Gasteiger partial charge in [0.1, 0.15) is 0 Å². The summed E-state index contributed by atoms with van der Waals surface area (Å²) in [6, 6.07) is 12.9. The van der Waals surface area contributed by atoms with Crippen LogP contribution in [-0.4, -0.2) is 53.4 Å². The van der Waals surface area contributed by atoms with E-state index < -0.39 is 16.2 Å². The Bertz CT molecular complexity index is 1170. The van der Waals surface area contributed by atoms with Crippen molar-refractivity contribution in [1.29, 1.82) is 0 Å². The largest absolute Gasteiger partial charge is 0.347 e. The molecule has 1 aromatic heterocycles. The Morgan fingerprint density at radius 2 is 1.87 bits per heavy atom. The van der Waals surface area contributed by atoms with Crippen LogP contribution < -0.4 is 5.32 Å². The highest BCUT2D eigenvalue weighted by Gasteiger charge is 2.16. The van der Waals surface area contributed by atoms with Gasteiger partial charge in [-0.25, -0.2) is 0 Å². The number of aryl methyl sites for hydroxylation is 2. The third kappa shape index (κ3) is 5.96. The fourth-order valence-corrected chi connectivity index (χ4v) is 3.43. The van der Waals surface area contributed by atoms with Crippen molar-refractivity contribution in [2.45, 2.75) is 33.2 Å². The number of benzene rings is 2. The maximum Gasteiger partial charge on any atom is 0.264 e. The van der Waals surface area contributed by atoms with Gasteiger partial charge in [-0.05, 0) is 53.6 Å². The van der Waals surface area contributed by atoms with E-state index in [2.05, 4.69) is 20.8 Å². The minimum Gasteiger partial charge on any atom is -0.347 e. The molecule has 0 radical (unpaired) electrons. The molecule has 3 aromatic rings. The standard InChI is InChI=1S/C21H25N5O4S/c1-5-20-23-24-25-26(20)19-11-17(16-8-6-14(2)7-9-16)10-18(12-19)21(27)22-15(3)13-30-31(4,28)29/h6-12,15H,5,13H2,1-4H3,(H,22,27)/t15-/m1/s1. The number of aromatic nitrogens is 4. The average Bonchev–Trinajstić information content (AvgIpc) is 3.21. The molecule has 0 aliphatic carbocycles. The molecule has 0 aliphatic rings. The highest BCUT2D eigenvalue weighted by Crippen LogP contribution is 2.25.